The predicted molar refractivity (Wildman–Crippen MR) is 127 cm³/mol. The van der Waals surface area contributed by atoms with Crippen LogP contribution in [0.4, 0.5) is 5.69 Å². The van der Waals surface area contributed by atoms with Gasteiger partial charge in [-0.3, -0.25) is 14.3 Å². The van der Waals surface area contributed by atoms with Crippen LogP contribution in [0.25, 0.3) is 11.0 Å². The van der Waals surface area contributed by atoms with Crippen LogP contribution in [-0.4, -0.2) is 24.2 Å². The minimum absolute atomic E-state index is 0.124. The number of thiophene rings is 1. The number of ether oxygens (including phenoxy) is 2. The van der Waals surface area contributed by atoms with E-state index in [1.54, 1.807) is 35.7 Å². The van der Waals surface area contributed by atoms with Gasteiger partial charge in [0.15, 0.2) is 5.75 Å². The SMILES string of the molecule is CCOc1ccc(Oc2cc3c(cc2NS(=O)(=O)c2cccs2)n(C)c(=O)c(=O)n3C)cc1. The van der Waals surface area contributed by atoms with Gasteiger partial charge in [-0.05, 0) is 48.7 Å². The number of rotatable bonds is 7. The van der Waals surface area contributed by atoms with E-state index in [2.05, 4.69) is 4.72 Å². The molecule has 0 aliphatic heterocycles. The predicted octanol–water partition coefficient (Wildman–Crippen LogP) is 3.29. The highest BCUT2D eigenvalue weighted by Gasteiger charge is 2.20. The molecule has 4 rings (SSSR count). The molecule has 0 unspecified atom stereocenters. The minimum Gasteiger partial charge on any atom is -0.494 e. The van der Waals surface area contributed by atoms with Gasteiger partial charge in [0.1, 0.15) is 15.7 Å². The van der Waals surface area contributed by atoms with E-state index in [1.165, 1.54) is 41.4 Å². The van der Waals surface area contributed by atoms with Crippen LogP contribution in [0.2, 0.25) is 0 Å². The van der Waals surface area contributed by atoms with E-state index >= 15 is 0 Å². The second-order valence-electron chi connectivity index (χ2n) is 7.11. The Morgan fingerprint density at radius 2 is 1.55 bits per heavy atom. The van der Waals surface area contributed by atoms with Gasteiger partial charge < -0.3 is 18.6 Å². The molecule has 0 fully saturated rings. The maximum absolute atomic E-state index is 12.9. The van der Waals surface area contributed by atoms with Crippen molar-refractivity contribution in [3.8, 4) is 17.2 Å². The third kappa shape index (κ3) is 4.37. The quantitative estimate of drug-likeness (QED) is 0.401. The highest BCUT2D eigenvalue weighted by molar-refractivity contribution is 7.94. The molecule has 0 bridgehead atoms. The minimum atomic E-state index is -3.90. The lowest BCUT2D eigenvalue weighted by molar-refractivity contribution is 0.339. The van der Waals surface area contributed by atoms with Crippen LogP contribution in [-0.2, 0) is 24.1 Å². The summed E-state index contributed by atoms with van der Waals surface area (Å²) in [7, 11) is -0.967. The van der Waals surface area contributed by atoms with Gasteiger partial charge in [0.25, 0.3) is 10.0 Å². The van der Waals surface area contributed by atoms with E-state index in [0.29, 0.717) is 29.1 Å². The zero-order chi connectivity index (χ0) is 23.8. The average Bonchev–Trinajstić information content (AvgIpc) is 3.34. The van der Waals surface area contributed by atoms with E-state index in [-0.39, 0.29) is 15.6 Å². The standard InChI is InChI=1S/C22H21N3O6S2/c1-4-30-14-7-9-15(10-8-14)31-19-13-18-17(24(2)21(26)22(27)25(18)3)12-16(19)23-33(28,29)20-6-5-11-32-20/h5-13,23H,4H2,1-3H3. The van der Waals surface area contributed by atoms with E-state index in [9.17, 15) is 18.0 Å². The maximum Gasteiger partial charge on any atom is 0.316 e. The number of nitrogens with zero attached hydrogens (tertiary/aromatic N) is 2. The lowest BCUT2D eigenvalue weighted by atomic mass is 10.2. The summed E-state index contributed by atoms with van der Waals surface area (Å²) in [5.41, 5.74) is -0.535. The first-order chi connectivity index (χ1) is 15.7. The number of nitrogens with one attached hydrogen (secondary N) is 1. The Morgan fingerprint density at radius 3 is 2.12 bits per heavy atom. The molecule has 1 N–H and O–H groups in total. The molecule has 9 nitrogen and oxygen atoms in total. The van der Waals surface area contributed by atoms with Crippen molar-refractivity contribution in [1.29, 1.82) is 0 Å². The van der Waals surface area contributed by atoms with Crippen molar-refractivity contribution in [3.05, 3.63) is 74.6 Å². The van der Waals surface area contributed by atoms with Gasteiger partial charge in [-0.15, -0.1) is 11.3 Å². The summed E-state index contributed by atoms with van der Waals surface area (Å²) in [6.45, 7) is 2.40. The van der Waals surface area contributed by atoms with Gasteiger partial charge in [0, 0.05) is 20.2 Å². The number of anilines is 1. The molecule has 0 aliphatic rings. The summed E-state index contributed by atoms with van der Waals surface area (Å²) in [6, 6.07) is 13.0. The smallest absolute Gasteiger partial charge is 0.316 e. The molecule has 0 aliphatic carbocycles. The van der Waals surface area contributed by atoms with Crippen molar-refractivity contribution < 1.29 is 17.9 Å². The molecule has 0 saturated heterocycles. The fraction of sp³-hybridized carbons (Fsp3) is 0.182. The van der Waals surface area contributed by atoms with E-state index in [4.69, 9.17) is 9.47 Å². The second-order valence-corrected chi connectivity index (χ2v) is 9.97. The lowest BCUT2D eigenvalue weighted by Gasteiger charge is -2.17. The number of aromatic nitrogens is 2. The molecular weight excluding hydrogens is 466 g/mol. The first-order valence-electron chi connectivity index (χ1n) is 9.92. The summed E-state index contributed by atoms with van der Waals surface area (Å²) >= 11 is 1.07. The van der Waals surface area contributed by atoms with Crippen molar-refractivity contribution in [3.63, 3.8) is 0 Å². The zero-order valence-electron chi connectivity index (χ0n) is 18.1. The summed E-state index contributed by atoms with van der Waals surface area (Å²) in [5.74, 6) is 1.27. The first kappa shape index (κ1) is 22.6. The van der Waals surface area contributed by atoms with Gasteiger partial charge >= 0.3 is 11.1 Å². The fourth-order valence-corrected chi connectivity index (χ4v) is 5.33. The molecular formula is C22H21N3O6S2. The molecule has 4 aromatic rings. The highest BCUT2D eigenvalue weighted by atomic mass is 32.2. The van der Waals surface area contributed by atoms with Crippen molar-refractivity contribution in [2.75, 3.05) is 11.3 Å². The summed E-state index contributed by atoms with van der Waals surface area (Å²) in [5, 5.41) is 1.66. The highest BCUT2D eigenvalue weighted by Crippen LogP contribution is 2.35. The summed E-state index contributed by atoms with van der Waals surface area (Å²) in [4.78, 5) is 24.6. The van der Waals surface area contributed by atoms with Crippen LogP contribution in [0.3, 0.4) is 0 Å². The molecule has 0 saturated carbocycles. The molecule has 2 aromatic heterocycles. The Labute approximate surface area is 193 Å². The molecule has 172 valence electrons. The van der Waals surface area contributed by atoms with Crippen molar-refractivity contribution >= 4 is 38.1 Å². The molecule has 33 heavy (non-hydrogen) atoms. The Morgan fingerprint density at radius 1 is 0.939 bits per heavy atom. The Bertz CT molecular complexity index is 1540. The van der Waals surface area contributed by atoms with Crippen LogP contribution < -0.4 is 25.3 Å². The summed E-state index contributed by atoms with van der Waals surface area (Å²) < 4.78 is 42.3. The maximum atomic E-state index is 12.9. The van der Waals surface area contributed by atoms with E-state index < -0.39 is 21.1 Å². The van der Waals surface area contributed by atoms with Crippen molar-refractivity contribution in [2.24, 2.45) is 14.1 Å². The zero-order valence-corrected chi connectivity index (χ0v) is 19.7. The van der Waals surface area contributed by atoms with Crippen LogP contribution in [0.1, 0.15) is 6.92 Å². The molecule has 0 amide bonds. The van der Waals surface area contributed by atoms with Crippen LogP contribution in [0.5, 0.6) is 17.2 Å². The van der Waals surface area contributed by atoms with E-state index in [0.717, 1.165) is 11.3 Å². The average molecular weight is 488 g/mol. The monoisotopic (exact) mass is 487 g/mol. The largest absolute Gasteiger partial charge is 0.494 e. The van der Waals surface area contributed by atoms with Gasteiger partial charge in [-0.2, -0.15) is 0 Å². The number of sulfonamides is 1. The van der Waals surface area contributed by atoms with E-state index in [1.807, 2.05) is 6.92 Å². The van der Waals surface area contributed by atoms with Crippen LogP contribution in [0.15, 0.2) is 67.7 Å². The fourth-order valence-electron chi connectivity index (χ4n) is 3.27. The third-order valence-electron chi connectivity index (χ3n) is 4.96. The molecule has 2 aromatic carbocycles. The second kappa shape index (κ2) is 8.75. The van der Waals surface area contributed by atoms with Crippen LogP contribution in [0, 0.1) is 0 Å². The van der Waals surface area contributed by atoms with Gasteiger partial charge in [-0.25, -0.2) is 8.42 Å². The molecule has 0 spiro atoms. The topological polar surface area (TPSA) is 109 Å². The number of fused-ring (bicyclic) bond motifs is 1. The molecule has 11 heteroatoms. The van der Waals surface area contributed by atoms with Crippen molar-refractivity contribution in [1.82, 2.24) is 9.13 Å². The van der Waals surface area contributed by atoms with Gasteiger partial charge in [-0.1, -0.05) is 6.07 Å². The Kier molecular flexibility index (Phi) is 6.00. The number of aryl methyl sites for hydroxylation is 2. The normalized spacial score (nSPS) is 11.5. The molecule has 0 atom stereocenters. The Balaban J connectivity index is 1.87. The number of hydrogen-bond acceptors (Lipinski definition) is 7. The summed E-state index contributed by atoms with van der Waals surface area (Å²) in [6.07, 6.45) is 0. The first-order valence-corrected chi connectivity index (χ1v) is 12.3. The molecule has 0 radical (unpaired) electrons. The number of hydrogen-bond donors (Lipinski definition) is 1. The Hall–Kier alpha value is -3.57. The number of benzene rings is 2. The van der Waals surface area contributed by atoms with Gasteiger partial charge in [0.05, 0.1) is 23.3 Å². The van der Waals surface area contributed by atoms with Crippen molar-refractivity contribution in [2.45, 2.75) is 11.1 Å². The molecule has 2 heterocycles. The van der Waals surface area contributed by atoms with Crippen LogP contribution >= 0.6 is 11.3 Å². The lowest BCUT2D eigenvalue weighted by Crippen LogP contribution is -2.39. The van der Waals surface area contributed by atoms with Gasteiger partial charge in [0.2, 0.25) is 0 Å². The third-order valence-corrected chi connectivity index (χ3v) is 7.72.